The molecule has 2 aromatic rings. The van der Waals surface area contributed by atoms with Crippen molar-refractivity contribution in [2.75, 3.05) is 0 Å². The number of nitrogens with one attached hydrogen (secondary N) is 1. The lowest BCUT2D eigenvalue weighted by atomic mass is 10.1. The Morgan fingerprint density at radius 2 is 1.71 bits per heavy atom. The monoisotopic (exact) mass is 291 g/mol. The maximum atomic E-state index is 14.0. The minimum atomic E-state index is -0.426. The van der Waals surface area contributed by atoms with Gasteiger partial charge in [0.25, 0.3) is 0 Å². The Balaban J connectivity index is 2.31. The second-order valence-electron chi connectivity index (χ2n) is 5.24. The van der Waals surface area contributed by atoms with Crippen molar-refractivity contribution in [3.8, 4) is 11.5 Å². The van der Waals surface area contributed by atoms with Crippen molar-refractivity contribution in [3.63, 3.8) is 0 Å². The Labute approximate surface area is 123 Å². The molecular formula is C17H19F2NO. The van der Waals surface area contributed by atoms with Crippen LogP contribution < -0.4 is 10.1 Å². The minimum absolute atomic E-state index is 0.103. The predicted molar refractivity (Wildman–Crippen MR) is 79.6 cm³/mol. The number of hydrogen-bond donors (Lipinski definition) is 1. The van der Waals surface area contributed by atoms with Crippen LogP contribution in [0.3, 0.4) is 0 Å². The summed E-state index contributed by atoms with van der Waals surface area (Å²) < 4.78 is 33.5. The van der Waals surface area contributed by atoms with E-state index in [1.807, 2.05) is 13.8 Å². The van der Waals surface area contributed by atoms with E-state index < -0.39 is 5.82 Å². The van der Waals surface area contributed by atoms with E-state index in [2.05, 4.69) is 5.32 Å². The quantitative estimate of drug-likeness (QED) is 0.871. The molecular weight excluding hydrogens is 272 g/mol. The SMILES string of the molecule is Cc1cccc(Oc2cccc(F)c2CNC(C)C)c1F. The molecule has 0 spiro atoms. The molecule has 0 bridgehead atoms. The fourth-order valence-corrected chi connectivity index (χ4v) is 1.93. The number of ether oxygens (including phenoxy) is 1. The first-order valence-corrected chi connectivity index (χ1v) is 6.92. The predicted octanol–water partition coefficient (Wildman–Crippen LogP) is 4.56. The standard InChI is InChI=1S/C17H19F2NO/c1-11(2)20-10-13-14(18)7-5-8-15(13)21-16-9-4-6-12(3)17(16)19/h4-9,11,20H,10H2,1-3H3. The van der Waals surface area contributed by atoms with Crippen LogP contribution in [0.1, 0.15) is 25.0 Å². The van der Waals surface area contributed by atoms with Gasteiger partial charge in [-0.1, -0.05) is 32.0 Å². The topological polar surface area (TPSA) is 21.3 Å². The van der Waals surface area contributed by atoms with Gasteiger partial charge in [0, 0.05) is 18.2 Å². The van der Waals surface area contributed by atoms with Crippen molar-refractivity contribution in [2.45, 2.75) is 33.4 Å². The Morgan fingerprint density at radius 1 is 1.05 bits per heavy atom. The zero-order valence-electron chi connectivity index (χ0n) is 12.4. The molecule has 0 aliphatic carbocycles. The number of benzene rings is 2. The first kappa shape index (κ1) is 15.4. The van der Waals surface area contributed by atoms with Crippen LogP contribution in [-0.2, 0) is 6.54 Å². The van der Waals surface area contributed by atoms with Crippen molar-refractivity contribution in [2.24, 2.45) is 0 Å². The molecule has 2 nitrogen and oxygen atoms in total. The summed E-state index contributed by atoms with van der Waals surface area (Å²) in [7, 11) is 0. The highest BCUT2D eigenvalue weighted by Crippen LogP contribution is 2.30. The molecule has 0 aliphatic heterocycles. The summed E-state index contributed by atoms with van der Waals surface area (Å²) in [6.45, 7) is 5.94. The molecule has 0 amide bonds. The Morgan fingerprint density at radius 3 is 2.43 bits per heavy atom. The van der Waals surface area contributed by atoms with Crippen molar-refractivity contribution in [1.29, 1.82) is 0 Å². The number of rotatable bonds is 5. The molecule has 112 valence electrons. The molecule has 1 N–H and O–H groups in total. The number of aryl methyl sites for hydroxylation is 1. The highest BCUT2D eigenvalue weighted by atomic mass is 19.1. The summed E-state index contributed by atoms with van der Waals surface area (Å²) >= 11 is 0. The first-order chi connectivity index (χ1) is 9.99. The van der Waals surface area contributed by atoms with Crippen LogP contribution in [0.2, 0.25) is 0 Å². The van der Waals surface area contributed by atoms with Gasteiger partial charge >= 0.3 is 0 Å². The highest BCUT2D eigenvalue weighted by molar-refractivity contribution is 5.40. The molecule has 0 radical (unpaired) electrons. The normalized spacial score (nSPS) is 11.0. The van der Waals surface area contributed by atoms with Crippen LogP contribution in [0.5, 0.6) is 11.5 Å². The van der Waals surface area contributed by atoms with Crippen molar-refractivity contribution >= 4 is 0 Å². The van der Waals surface area contributed by atoms with Crippen LogP contribution in [0, 0.1) is 18.6 Å². The van der Waals surface area contributed by atoms with Crippen LogP contribution in [0.4, 0.5) is 8.78 Å². The van der Waals surface area contributed by atoms with E-state index >= 15 is 0 Å². The summed E-state index contributed by atoms with van der Waals surface area (Å²) in [5.41, 5.74) is 0.887. The average molecular weight is 291 g/mol. The maximum absolute atomic E-state index is 14.0. The summed E-state index contributed by atoms with van der Waals surface area (Å²) in [6, 6.07) is 9.69. The summed E-state index contributed by atoms with van der Waals surface area (Å²) in [5, 5.41) is 3.14. The molecule has 0 aliphatic rings. The zero-order valence-corrected chi connectivity index (χ0v) is 12.4. The van der Waals surface area contributed by atoms with Gasteiger partial charge in [0.15, 0.2) is 11.6 Å². The molecule has 0 aromatic heterocycles. The van der Waals surface area contributed by atoms with E-state index in [-0.39, 0.29) is 17.6 Å². The van der Waals surface area contributed by atoms with Crippen molar-refractivity contribution in [1.82, 2.24) is 5.32 Å². The lowest BCUT2D eigenvalue weighted by Gasteiger charge is -2.15. The minimum Gasteiger partial charge on any atom is -0.454 e. The highest BCUT2D eigenvalue weighted by Gasteiger charge is 2.13. The van der Waals surface area contributed by atoms with Gasteiger partial charge in [-0.25, -0.2) is 8.78 Å². The van der Waals surface area contributed by atoms with Gasteiger partial charge < -0.3 is 10.1 Å². The molecule has 0 saturated carbocycles. The second kappa shape index (κ2) is 6.68. The molecule has 0 heterocycles. The molecule has 0 fully saturated rings. The van der Waals surface area contributed by atoms with Gasteiger partial charge in [-0.3, -0.25) is 0 Å². The van der Waals surface area contributed by atoms with Crippen LogP contribution in [-0.4, -0.2) is 6.04 Å². The maximum Gasteiger partial charge on any atom is 0.168 e. The third kappa shape index (κ3) is 3.79. The molecule has 0 saturated heterocycles. The summed E-state index contributed by atoms with van der Waals surface area (Å²) in [6.07, 6.45) is 0. The third-order valence-electron chi connectivity index (χ3n) is 3.14. The first-order valence-electron chi connectivity index (χ1n) is 6.92. The largest absolute Gasteiger partial charge is 0.454 e. The smallest absolute Gasteiger partial charge is 0.168 e. The lowest BCUT2D eigenvalue weighted by molar-refractivity contribution is 0.425. The Bertz CT molecular complexity index is 626. The van der Waals surface area contributed by atoms with E-state index in [1.54, 1.807) is 31.2 Å². The molecule has 2 rings (SSSR count). The van der Waals surface area contributed by atoms with Crippen LogP contribution in [0.25, 0.3) is 0 Å². The molecule has 21 heavy (non-hydrogen) atoms. The third-order valence-corrected chi connectivity index (χ3v) is 3.14. The van der Waals surface area contributed by atoms with E-state index in [1.165, 1.54) is 12.1 Å². The fourth-order valence-electron chi connectivity index (χ4n) is 1.93. The van der Waals surface area contributed by atoms with Gasteiger partial charge in [-0.15, -0.1) is 0 Å². The van der Waals surface area contributed by atoms with Gasteiger partial charge in [0.05, 0.1) is 0 Å². The van der Waals surface area contributed by atoms with Gasteiger partial charge in [0.1, 0.15) is 11.6 Å². The van der Waals surface area contributed by atoms with E-state index in [0.717, 1.165) is 0 Å². The molecule has 0 atom stereocenters. The van der Waals surface area contributed by atoms with Gasteiger partial charge in [0.2, 0.25) is 0 Å². The summed E-state index contributed by atoms with van der Waals surface area (Å²) in [5.74, 6) is -0.364. The molecule has 4 heteroatoms. The van der Waals surface area contributed by atoms with Crippen molar-refractivity contribution < 1.29 is 13.5 Å². The lowest BCUT2D eigenvalue weighted by Crippen LogP contribution is -2.22. The number of halogens is 2. The Hall–Kier alpha value is -1.94. The van der Waals surface area contributed by atoms with Crippen molar-refractivity contribution in [3.05, 3.63) is 59.2 Å². The van der Waals surface area contributed by atoms with Gasteiger partial charge in [-0.2, -0.15) is 0 Å². The Kier molecular flexibility index (Phi) is 4.91. The van der Waals surface area contributed by atoms with E-state index in [4.69, 9.17) is 4.74 Å². The average Bonchev–Trinajstić information content (AvgIpc) is 2.43. The zero-order chi connectivity index (χ0) is 15.4. The summed E-state index contributed by atoms with van der Waals surface area (Å²) in [4.78, 5) is 0. The molecule has 2 aromatic carbocycles. The second-order valence-corrected chi connectivity index (χ2v) is 5.24. The van der Waals surface area contributed by atoms with Gasteiger partial charge in [-0.05, 0) is 30.7 Å². The number of hydrogen-bond acceptors (Lipinski definition) is 2. The van der Waals surface area contributed by atoms with Crippen LogP contribution in [0.15, 0.2) is 36.4 Å². The van der Waals surface area contributed by atoms with E-state index in [9.17, 15) is 8.78 Å². The fraction of sp³-hybridized carbons (Fsp3) is 0.294. The van der Waals surface area contributed by atoms with Crippen LogP contribution >= 0.6 is 0 Å². The molecule has 0 unspecified atom stereocenters. The van der Waals surface area contributed by atoms with E-state index in [0.29, 0.717) is 23.4 Å².